The van der Waals surface area contributed by atoms with E-state index in [-0.39, 0.29) is 5.56 Å². The normalized spacial score (nSPS) is 13.0. The smallest absolute Gasteiger partial charge is 0.267 e. The van der Waals surface area contributed by atoms with Gasteiger partial charge in [0, 0.05) is 22.1 Å². The number of H-pyrrole nitrogens is 2. The average Bonchev–Trinajstić information content (AvgIpc) is 2.47. The van der Waals surface area contributed by atoms with Crippen molar-refractivity contribution in [2.45, 2.75) is 32.4 Å². The van der Waals surface area contributed by atoms with Gasteiger partial charge in [-0.3, -0.25) is 14.1 Å². The van der Waals surface area contributed by atoms with Crippen molar-refractivity contribution in [2.24, 2.45) is 0 Å². The van der Waals surface area contributed by atoms with Crippen molar-refractivity contribution in [3.8, 4) is 0 Å². The Morgan fingerprint density at radius 2 is 2.00 bits per heavy atom. The molecule has 1 aromatic heterocycles. The Balaban J connectivity index is 2.76. The van der Waals surface area contributed by atoms with Crippen LogP contribution in [0.2, 0.25) is 0 Å². The molecule has 0 aliphatic heterocycles. The van der Waals surface area contributed by atoms with Crippen molar-refractivity contribution in [1.82, 2.24) is 10.2 Å². The van der Waals surface area contributed by atoms with Gasteiger partial charge >= 0.3 is 0 Å². The van der Waals surface area contributed by atoms with Gasteiger partial charge in [-0.25, -0.2) is 0 Å². The fourth-order valence-corrected chi connectivity index (χ4v) is 2.55. The first-order valence-electron chi connectivity index (χ1n) is 4.82. The lowest BCUT2D eigenvalue weighted by molar-refractivity contribution is 0.680. The van der Waals surface area contributed by atoms with E-state index in [0.717, 1.165) is 17.7 Å². The molecule has 0 saturated heterocycles. The van der Waals surface area contributed by atoms with Crippen LogP contribution in [0.25, 0.3) is 0 Å². The van der Waals surface area contributed by atoms with Crippen LogP contribution in [0.4, 0.5) is 0 Å². The van der Waals surface area contributed by atoms with E-state index >= 15 is 0 Å². The van der Waals surface area contributed by atoms with E-state index in [0.29, 0.717) is 17.9 Å². The Kier molecular flexibility index (Phi) is 4.13. The highest BCUT2D eigenvalue weighted by Crippen LogP contribution is 2.04. The summed E-state index contributed by atoms with van der Waals surface area (Å²) in [5, 5.41) is 5.30. The minimum atomic E-state index is -0.860. The topological polar surface area (TPSA) is 65.7 Å². The van der Waals surface area contributed by atoms with E-state index in [2.05, 4.69) is 10.2 Å². The van der Waals surface area contributed by atoms with Crippen LogP contribution < -0.4 is 5.56 Å². The van der Waals surface area contributed by atoms with Crippen molar-refractivity contribution < 1.29 is 4.21 Å². The first-order valence-corrected chi connectivity index (χ1v) is 6.31. The van der Waals surface area contributed by atoms with Gasteiger partial charge in [-0.15, -0.1) is 0 Å². The van der Waals surface area contributed by atoms with E-state index in [1.54, 1.807) is 0 Å². The van der Waals surface area contributed by atoms with Crippen molar-refractivity contribution in [3.63, 3.8) is 0 Å². The zero-order valence-electron chi connectivity index (χ0n) is 8.55. The van der Waals surface area contributed by atoms with E-state index in [4.69, 9.17) is 0 Å². The maximum atomic E-state index is 11.5. The summed E-state index contributed by atoms with van der Waals surface area (Å²) in [6.07, 6.45) is 1.58. The molecule has 2 N–H and O–H groups in total. The van der Waals surface area contributed by atoms with Gasteiger partial charge in [0.25, 0.3) is 5.56 Å². The number of nitrogens with one attached hydrogen (secondary N) is 2. The first kappa shape index (κ1) is 11.2. The van der Waals surface area contributed by atoms with Crippen molar-refractivity contribution >= 4 is 10.8 Å². The zero-order chi connectivity index (χ0) is 10.6. The molecule has 1 aromatic rings. The van der Waals surface area contributed by atoms with Crippen LogP contribution in [0.5, 0.6) is 0 Å². The molecule has 1 atom stereocenters. The maximum Gasteiger partial charge on any atom is 0.267 e. The van der Waals surface area contributed by atoms with Crippen LogP contribution in [-0.4, -0.2) is 20.2 Å². The molecule has 80 valence electrons. The molecule has 0 amide bonds. The van der Waals surface area contributed by atoms with Gasteiger partial charge in [0.05, 0.1) is 11.4 Å². The molecular formula is C9H16N2O2S. The third-order valence-corrected chi connectivity index (χ3v) is 3.53. The van der Waals surface area contributed by atoms with Crippen LogP contribution in [-0.2, 0) is 23.0 Å². The monoisotopic (exact) mass is 216 g/mol. The predicted molar refractivity (Wildman–Crippen MR) is 57.8 cm³/mol. The molecule has 0 saturated carbocycles. The van der Waals surface area contributed by atoms with Crippen molar-refractivity contribution in [2.75, 3.05) is 5.75 Å². The van der Waals surface area contributed by atoms with Gasteiger partial charge in [-0.05, 0) is 12.8 Å². The summed E-state index contributed by atoms with van der Waals surface area (Å²) in [7, 11) is -0.860. The molecule has 0 radical (unpaired) electrons. The van der Waals surface area contributed by atoms with Crippen LogP contribution in [0.15, 0.2) is 4.79 Å². The second kappa shape index (κ2) is 5.14. The summed E-state index contributed by atoms with van der Waals surface area (Å²) in [5.41, 5.74) is 1.44. The van der Waals surface area contributed by atoms with Crippen LogP contribution in [0.1, 0.15) is 31.5 Å². The van der Waals surface area contributed by atoms with Gasteiger partial charge in [0.2, 0.25) is 0 Å². The molecule has 0 aliphatic rings. The Morgan fingerprint density at radius 3 is 2.57 bits per heavy atom. The van der Waals surface area contributed by atoms with Crippen LogP contribution in [0.3, 0.4) is 0 Å². The Morgan fingerprint density at radius 1 is 1.29 bits per heavy atom. The Hall–Kier alpha value is -0.840. The van der Waals surface area contributed by atoms with Gasteiger partial charge in [0.1, 0.15) is 0 Å². The summed E-state index contributed by atoms with van der Waals surface area (Å²) in [5.74, 6) is 1.14. The highest BCUT2D eigenvalue weighted by atomic mass is 32.2. The summed E-state index contributed by atoms with van der Waals surface area (Å²) < 4.78 is 11.5. The lowest BCUT2D eigenvalue weighted by atomic mass is 10.2. The third-order valence-electron chi connectivity index (χ3n) is 2.06. The standard InChI is InChI=1S/C9H16N2O2S/c1-3-5-14(13)6-8-7(4-2)9(12)11-10-8/h3-6H2,1-2H3,(H2,10,11,12). The highest BCUT2D eigenvalue weighted by Gasteiger charge is 2.10. The first-order chi connectivity index (χ1) is 6.69. The van der Waals surface area contributed by atoms with Crippen LogP contribution >= 0.6 is 0 Å². The lowest BCUT2D eigenvalue weighted by Crippen LogP contribution is -2.07. The average molecular weight is 216 g/mol. The summed E-state index contributed by atoms with van der Waals surface area (Å²) in [6.45, 7) is 3.92. The Labute approximate surface area is 85.6 Å². The molecule has 0 aromatic carbocycles. The number of hydrogen-bond acceptors (Lipinski definition) is 2. The number of hydrogen-bond donors (Lipinski definition) is 2. The largest absolute Gasteiger partial charge is 0.301 e. The molecule has 0 fully saturated rings. The number of aromatic nitrogens is 2. The molecule has 0 aliphatic carbocycles. The van der Waals surface area contributed by atoms with E-state index in [1.807, 2.05) is 13.8 Å². The molecule has 1 heterocycles. The molecule has 0 bridgehead atoms. The van der Waals surface area contributed by atoms with Gasteiger partial charge in [-0.2, -0.15) is 0 Å². The van der Waals surface area contributed by atoms with Gasteiger partial charge < -0.3 is 5.10 Å². The Bertz CT molecular complexity index is 367. The zero-order valence-corrected chi connectivity index (χ0v) is 9.37. The fourth-order valence-electron chi connectivity index (χ4n) is 1.38. The summed E-state index contributed by atoms with van der Waals surface area (Å²) >= 11 is 0. The maximum absolute atomic E-state index is 11.5. The molecule has 4 nitrogen and oxygen atoms in total. The minimum Gasteiger partial charge on any atom is -0.301 e. The quantitative estimate of drug-likeness (QED) is 0.768. The van der Waals surface area contributed by atoms with Gasteiger partial charge in [0.15, 0.2) is 0 Å². The van der Waals surface area contributed by atoms with Gasteiger partial charge in [-0.1, -0.05) is 13.8 Å². The van der Waals surface area contributed by atoms with Crippen molar-refractivity contribution in [3.05, 3.63) is 21.6 Å². The number of aromatic amines is 2. The molecule has 14 heavy (non-hydrogen) atoms. The second-order valence-corrected chi connectivity index (χ2v) is 4.75. The lowest BCUT2D eigenvalue weighted by Gasteiger charge is -1.99. The fraction of sp³-hybridized carbons (Fsp3) is 0.667. The second-order valence-electron chi connectivity index (χ2n) is 3.18. The van der Waals surface area contributed by atoms with E-state index in [1.165, 1.54) is 0 Å². The molecule has 0 spiro atoms. The molecular weight excluding hydrogens is 200 g/mol. The number of rotatable bonds is 5. The third kappa shape index (κ3) is 2.57. The minimum absolute atomic E-state index is 0.0870. The summed E-state index contributed by atoms with van der Waals surface area (Å²) in [6, 6.07) is 0. The molecule has 1 rings (SSSR count). The van der Waals surface area contributed by atoms with Crippen molar-refractivity contribution in [1.29, 1.82) is 0 Å². The molecule has 5 heteroatoms. The molecule has 1 unspecified atom stereocenters. The summed E-state index contributed by atoms with van der Waals surface area (Å²) in [4.78, 5) is 11.2. The SMILES string of the molecule is CCCS(=O)Cc1[nH][nH]c(=O)c1CC. The predicted octanol–water partition coefficient (Wildman–Crippen LogP) is 0.924. The van der Waals surface area contributed by atoms with Crippen LogP contribution in [0, 0.1) is 0 Å². The highest BCUT2D eigenvalue weighted by molar-refractivity contribution is 7.84. The van der Waals surface area contributed by atoms with E-state index < -0.39 is 10.8 Å². The van der Waals surface area contributed by atoms with E-state index in [9.17, 15) is 9.00 Å².